The van der Waals surface area contributed by atoms with Gasteiger partial charge in [0, 0.05) is 36.7 Å². The zero-order valence-corrected chi connectivity index (χ0v) is 14.5. The van der Waals surface area contributed by atoms with Crippen molar-refractivity contribution in [3.05, 3.63) is 42.7 Å². The molecule has 8 nitrogen and oxygen atoms in total. The van der Waals surface area contributed by atoms with Crippen LogP contribution in [0.25, 0.3) is 0 Å². The largest absolute Gasteiger partial charge is 0.311 e. The zero-order chi connectivity index (χ0) is 18.0. The Labute approximate surface area is 147 Å². The Morgan fingerprint density at radius 3 is 2.08 bits per heavy atom. The highest BCUT2D eigenvalue weighted by molar-refractivity contribution is 5.19. The lowest BCUT2D eigenvalue weighted by Crippen LogP contribution is -2.03. The van der Waals surface area contributed by atoms with Gasteiger partial charge in [-0.05, 0) is 18.6 Å². The van der Waals surface area contributed by atoms with Crippen LogP contribution in [-0.2, 0) is 35.1 Å². The Morgan fingerprint density at radius 1 is 0.760 bits per heavy atom. The van der Waals surface area contributed by atoms with Crippen LogP contribution in [0.5, 0.6) is 5.75 Å². The van der Waals surface area contributed by atoms with Crippen LogP contribution in [0.1, 0.15) is 58.3 Å². The predicted octanol–water partition coefficient (Wildman–Crippen LogP) is 5.24. The molecule has 0 unspecified atom stereocenters. The maximum Gasteiger partial charge on any atom is 0.168 e. The third-order valence-corrected chi connectivity index (χ3v) is 3.22. The number of allylic oxidation sites excluding steroid dienone is 1. The van der Waals surface area contributed by atoms with Crippen LogP contribution in [-0.4, -0.2) is 0 Å². The minimum Gasteiger partial charge on any atom is -0.311 e. The molecule has 0 aliphatic heterocycles. The van der Waals surface area contributed by atoms with Crippen LogP contribution in [0.4, 0.5) is 0 Å². The molecule has 0 atom stereocenters. The number of unbranched alkanes of at least 4 members (excludes halogenated alkanes) is 6. The summed E-state index contributed by atoms with van der Waals surface area (Å²) in [6.07, 6.45) is 9.10. The van der Waals surface area contributed by atoms with Gasteiger partial charge in [-0.3, -0.25) is 0 Å². The van der Waals surface area contributed by atoms with Crippen LogP contribution in [0.3, 0.4) is 0 Å². The highest BCUT2D eigenvalue weighted by Gasteiger charge is 2.01. The molecule has 0 amide bonds. The molecule has 0 aliphatic carbocycles. The fraction of sp³-hybridized carbons (Fsp3) is 0.529. The summed E-state index contributed by atoms with van der Waals surface area (Å²) in [4.78, 5) is 9.38. The highest BCUT2D eigenvalue weighted by Crippen LogP contribution is 2.12. The summed E-state index contributed by atoms with van der Waals surface area (Å²) in [7, 11) is 0. The zero-order valence-electron chi connectivity index (χ0n) is 14.5. The van der Waals surface area contributed by atoms with Crippen molar-refractivity contribution in [2.24, 2.45) is 0 Å². The number of rotatable bonds is 17. The van der Waals surface area contributed by atoms with Gasteiger partial charge in [-0.1, -0.05) is 70.2 Å². The van der Waals surface area contributed by atoms with Crippen molar-refractivity contribution < 1.29 is 40.0 Å². The summed E-state index contributed by atoms with van der Waals surface area (Å²) >= 11 is 0. The lowest BCUT2D eigenvalue weighted by atomic mass is 10.1. The summed E-state index contributed by atoms with van der Waals surface area (Å²) in [6, 6.07) is 8.62. The molecule has 0 saturated carbocycles. The normalized spacial score (nSPS) is 10.6. The van der Waals surface area contributed by atoms with Gasteiger partial charge in [-0.2, -0.15) is 0 Å². The number of hydrogen-bond acceptors (Lipinski definition) is 8. The molecular weight excluding hydrogens is 332 g/mol. The molecule has 142 valence electrons. The maximum atomic E-state index is 4.71. The molecule has 0 aliphatic rings. The van der Waals surface area contributed by atoms with E-state index < -0.39 is 0 Å². The molecule has 8 heteroatoms. The Kier molecular flexibility index (Phi) is 13.5. The van der Waals surface area contributed by atoms with Crippen molar-refractivity contribution in [2.75, 3.05) is 0 Å². The van der Waals surface area contributed by atoms with Gasteiger partial charge in [-0.15, -0.1) is 0 Å². The summed E-state index contributed by atoms with van der Waals surface area (Å²) in [5, 5.41) is 24.5. The topological polar surface area (TPSA) is 73.8 Å². The standard InChI is InChI=1S/C17H26O8/c1-3-4-5-6-7-8-10-13-16(2)18-20-22-24-25-23-21-19-17-14-11-9-12-15-17/h9,11-12,14-15H,2-8,10,13H2,1H3. The van der Waals surface area contributed by atoms with E-state index in [4.69, 9.17) is 4.89 Å². The Hall–Kier alpha value is -1.68. The monoisotopic (exact) mass is 358 g/mol. The first-order valence-electron chi connectivity index (χ1n) is 8.40. The molecule has 0 radical (unpaired) electrons. The first-order valence-corrected chi connectivity index (χ1v) is 8.40. The molecule has 0 fully saturated rings. The number of hydrogen-bond donors (Lipinski definition) is 0. The van der Waals surface area contributed by atoms with Crippen molar-refractivity contribution in [2.45, 2.75) is 58.3 Å². The number of para-hydroxylation sites is 1. The molecule has 0 heterocycles. The average molecular weight is 358 g/mol. The first kappa shape index (κ1) is 21.4. The van der Waals surface area contributed by atoms with Crippen LogP contribution in [0.15, 0.2) is 42.7 Å². The third-order valence-electron chi connectivity index (χ3n) is 3.22. The van der Waals surface area contributed by atoms with Gasteiger partial charge in [0.15, 0.2) is 5.75 Å². The lowest BCUT2D eigenvalue weighted by molar-refractivity contribution is -0.805. The Bertz CT molecular complexity index is 426. The van der Waals surface area contributed by atoms with E-state index in [9.17, 15) is 0 Å². The third kappa shape index (κ3) is 13.3. The molecule has 0 N–H and O–H groups in total. The average Bonchev–Trinajstić information content (AvgIpc) is 2.64. The summed E-state index contributed by atoms with van der Waals surface area (Å²) in [5.41, 5.74) is 0. The second-order valence-corrected chi connectivity index (χ2v) is 5.30. The fourth-order valence-corrected chi connectivity index (χ4v) is 1.96. The van der Waals surface area contributed by atoms with Crippen LogP contribution < -0.4 is 4.89 Å². The molecule has 1 aromatic rings. The quantitative estimate of drug-likeness (QED) is 0.162. The molecular formula is C17H26O8. The predicted molar refractivity (Wildman–Crippen MR) is 86.4 cm³/mol. The maximum absolute atomic E-state index is 4.71. The summed E-state index contributed by atoms with van der Waals surface area (Å²) in [6.45, 7) is 5.89. The van der Waals surface area contributed by atoms with E-state index in [0.29, 0.717) is 17.9 Å². The van der Waals surface area contributed by atoms with E-state index in [0.717, 1.165) is 12.8 Å². The molecule has 0 aromatic heterocycles. The molecule has 1 rings (SSSR count). The van der Waals surface area contributed by atoms with Crippen LogP contribution >= 0.6 is 0 Å². The lowest BCUT2D eigenvalue weighted by Gasteiger charge is -2.05. The minimum atomic E-state index is 0.410. The molecule has 0 bridgehead atoms. The van der Waals surface area contributed by atoms with Crippen molar-refractivity contribution in [1.29, 1.82) is 0 Å². The SMILES string of the molecule is C=C(CCCCCCCCC)OOOOOOOOc1ccccc1. The van der Waals surface area contributed by atoms with Gasteiger partial charge in [0.05, 0.1) is 0 Å². The van der Waals surface area contributed by atoms with E-state index in [1.807, 2.05) is 6.07 Å². The van der Waals surface area contributed by atoms with E-state index in [1.165, 1.54) is 32.1 Å². The summed E-state index contributed by atoms with van der Waals surface area (Å²) < 4.78 is 0. The Balaban J connectivity index is 1.80. The Morgan fingerprint density at radius 2 is 1.36 bits per heavy atom. The molecule has 0 saturated heterocycles. The van der Waals surface area contributed by atoms with Crippen molar-refractivity contribution >= 4 is 0 Å². The van der Waals surface area contributed by atoms with Crippen molar-refractivity contribution in [1.82, 2.24) is 0 Å². The number of benzene rings is 1. The van der Waals surface area contributed by atoms with E-state index in [2.05, 4.69) is 48.6 Å². The van der Waals surface area contributed by atoms with Gasteiger partial charge in [-0.25, -0.2) is 0 Å². The van der Waals surface area contributed by atoms with Crippen LogP contribution in [0.2, 0.25) is 0 Å². The second-order valence-electron chi connectivity index (χ2n) is 5.30. The molecule has 25 heavy (non-hydrogen) atoms. The van der Waals surface area contributed by atoms with Crippen LogP contribution in [0, 0.1) is 0 Å². The summed E-state index contributed by atoms with van der Waals surface area (Å²) in [5.74, 6) is 0.829. The van der Waals surface area contributed by atoms with Gasteiger partial charge in [0.2, 0.25) is 0 Å². The second kappa shape index (κ2) is 15.8. The van der Waals surface area contributed by atoms with Gasteiger partial charge >= 0.3 is 0 Å². The van der Waals surface area contributed by atoms with Gasteiger partial charge < -0.3 is 9.78 Å². The fourth-order valence-electron chi connectivity index (χ4n) is 1.96. The van der Waals surface area contributed by atoms with E-state index in [1.54, 1.807) is 24.3 Å². The van der Waals surface area contributed by atoms with E-state index in [-0.39, 0.29) is 0 Å². The van der Waals surface area contributed by atoms with Gasteiger partial charge in [0.1, 0.15) is 5.76 Å². The van der Waals surface area contributed by atoms with E-state index >= 15 is 0 Å². The van der Waals surface area contributed by atoms with Gasteiger partial charge in [0.25, 0.3) is 0 Å². The molecule has 1 aromatic carbocycles. The molecule has 0 spiro atoms. The van der Waals surface area contributed by atoms with Crippen molar-refractivity contribution in [3.8, 4) is 5.75 Å². The van der Waals surface area contributed by atoms with Crippen molar-refractivity contribution in [3.63, 3.8) is 0 Å². The minimum absolute atomic E-state index is 0.410. The highest BCUT2D eigenvalue weighted by atomic mass is 17.9. The first-order chi connectivity index (χ1) is 12.3. The smallest absolute Gasteiger partial charge is 0.168 e.